The highest BCUT2D eigenvalue weighted by Gasteiger charge is 2.32. The van der Waals surface area contributed by atoms with Crippen LogP contribution in [0.2, 0.25) is 0 Å². The molecule has 0 radical (unpaired) electrons. The number of rotatable bonds is 3. The lowest BCUT2D eigenvalue weighted by Crippen LogP contribution is -2.48. The maximum Gasteiger partial charge on any atom is 0.326 e. The van der Waals surface area contributed by atoms with E-state index >= 15 is 0 Å². The van der Waals surface area contributed by atoms with Gasteiger partial charge in [0.15, 0.2) is 0 Å². The van der Waals surface area contributed by atoms with Crippen molar-refractivity contribution in [3.63, 3.8) is 0 Å². The van der Waals surface area contributed by atoms with Gasteiger partial charge in [0, 0.05) is 12.1 Å². The molecule has 1 fully saturated rings. The minimum atomic E-state index is -0.944. The van der Waals surface area contributed by atoms with Crippen molar-refractivity contribution >= 4 is 11.9 Å². The normalized spacial score (nSPS) is 18.2. The highest BCUT2D eigenvalue weighted by Crippen LogP contribution is 2.21. The topological polar surface area (TPSA) is 88.3 Å². The van der Waals surface area contributed by atoms with E-state index in [2.05, 4.69) is 10.1 Å². The van der Waals surface area contributed by atoms with Gasteiger partial charge in [0.25, 0.3) is 5.91 Å². The minimum absolute atomic E-state index is 0.255. The quantitative estimate of drug-likeness (QED) is 0.924. The number of amides is 1. The van der Waals surface area contributed by atoms with Gasteiger partial charge in [-0.2, -0.15) is 5.10 Å². The van der Waals surface area contributed by atoms with Crippen LogP contribution in [-0.2, 0) is 4.79 Å². The number of hydrogen-bond acceptors (Lipinski definition) is 4. The minimum Gasteiger partial charge on any atom is -0.480 e. The van der Waals surface area contributed by atoms with E-state index in [1.807, 2.05) is 6.07 Å². The lowest BCUT2D eigenvalue weighted by atomic mass is 10.0. The summed E-state index contributed by atoms with van der Waals surface area (Å²) in [6, 6.07) is 6.22. The van der Waals surface area contributed by atoms with E-state index in [0.717, 1.165) is 12.8 Å². The molecule has 1 aliphatic rings. The summed E-state index contributed by atoms with van der Waals surface area (Å²) in [7, 11) is 0. The van der Waals surface area contributed by atoms with Gasteiger partial charge in [0.2, 0.25) is 0 Å². The molecular formula is C15H16N4O3. The third kappa shape index (κ3) is 2.69. The molecular weight excluding hydrogens is 284 g/mol. The average molecular weight is 300 g/mol. The number of likely N-dealkylation sites (tertiary alicyclic amines) is 1. The Balaban J connectivity index is 1.88. The van der Waals surface area contributed by atoms with Crippen molar-refractivity contribution in [1.29, 1.82) is 0 Å². The molecule has 22 heavy (non-hydrogen) atoms. The van der Waals surface area contributed by atoms with Gasteiger partial charge in [-0.1, -0.05) is 6.07 Å². The molecule has 2 heterocycles. The lowest BCUT2D eigenvalue weighted by Gasteiger charge is -2.33. The van der Waals surface area contributed by atoms with E-state index in [9.17, 15) is 14.7 Å². The summed E-state index contributed by atoms with van der Waals surface area (Å²) in [5.74, 6) is -1.20. The zero-order valence-corrected chi connectivity index (χ0v) is 11.9. The Labute approximate surface area is 127 Å². The maximum absolute atomic E-state index is 12.7. The van der Waals surface area contributed by atoms with E-state index in [0.29, 0.717) is 24.2 Å². The Morgan fingerprint density at radius 2 is 2.14 bits per heavy atom. The van der Waals surface area contributed by atoms with Gasteiger partial charge in [0.1, 0.15) is 18.7 Å². The molecule has 1 unspecified atom stereocenters. The van der Waals surface area contributed by atoms with Crippen LogP contribution in [0.4, 0.5) is 0 Å². The third-order valence-electron chi connectivity index (χ3n) is 3.83. The number of nitrogens with zero attached hydrogens (tertiary/aromatic N) is 4. The molecule has 1 atom stereocenters. The first-order valence-electron chi connectivity index (χ1n) is 7.15. The molecule has 114 valence electrons. The van der Waals surface area contributed by atoms with Gasteiger partial charge in [-0.3, -0.25) is 4.79 Å². The van der Waals surface area contributed by atoms with Crippen molar-refractivity contribution in [3.8, 4) is 5.69 Å². The summed E-state index contributed by atoms with van der Waals surface area (Å²) in [5, 5.41) is 13.3. The van der Waals surface area contributed by atoms with Crippen LogP contribution in [-0.4, -0.2) is 49.2 Å². The number of carbonyl (C=O) groups excluding carboxylic acids is 1. The predicted octanol–water partition coefficient (Wildman–Crippen LogP) is 1.35. The molecule has 0 bridgehead atoms. The average Bonchev–Trinajstić information content (AvgIpc) is 3.09. The second-order valence-corrected chi connectivity index (χ2v) is 5.24. The molecule has 1 amide bonds. The van der Waals surface area contributed by atoms with Gasteiger partial charge in [0.05, 0.1) is 5.69 Å². The lowest BCUT2D eigenvalue weighted by molar-refractivity contribution is -0.143. The first kappa shape index (κ1) is 14.2. The Morgan fingerprint density at radius 1 is 1.27 bits per heavy atom. The first-order chi connectivity index (χ1) is 10.7. The fourth-order valence-corrected chi connectivity index (χ4v) is 2.72. The highest BCUT2D eigenvalue weighted by molar-refractivity contribution is 5.97. The Hall–Kier alpha value is -2.70. The van der Waals surface area contributed by atoms with Crippen LogP contribution in [0.5, 0.6) is 0 Å². The number of carbonyl (C=O) groups is 2. The zero-order valence-electron chi connectivity index (χ0n) is 11.9. The molecule has 1 aromatic carbocycles. The van der Waals surface area contributed by atoms with Crippen molar-refractivity contribution < 1.29 is 14.7 Å². The molecule has 0 saturated carbocycles. The van der Waals surface area contributed by atoms with Crippen LogP contribution < -0.4 is 0 Å². The molecule has 0 aliphatic carbocycles. The van der Waals surface area contributed by atoms with Gasteiger partial charge in [-0.05, 0) is 37.5 Å². The number of carboxylic acid groups (broad SMARTS) is 1. The van der Waals surface area contributed by atoms with Crippen molar-refractivity contribution in [2.24, 2.45) is 0 Å². The van der Waals surface area contributed by atoms with Gasteiger partial charge < -0.3 is 10.0 Å². The molecule has 1 aliphatic heterocycles. The molecule has 2 aromatic rings. The molecule has 1 saturated heterocycles. The Kier molecular flexibility index (Phi) is 3.86. The summed E-state index contributed by atoms with van der Waals surface area (Å²) in [5.41, 5.74) is 1.17. The fraction of sp³-hybridized carbons (Fsp3) is 0.333. The molecule has 3 rings (SSSR count). The van der Waals surface area contributed by atoms with E-state index in [1.165, 1.54) is 11.2 Å². The van der Waals surface area contributed by atoms with Crippen LogP contribution in [0.15, 0.2) is 36.9 Å². The van der Waals surface area contributed by atoms with E-state index in [1.54, 1.807) is 29.2 Å². The van der Waals surface area contributed by atoms with Gasteiger partial charge >= 0.3 is 5.97 Å². The first-order valence-corrected chi connectivity index (χ1v) is 7.15. The SMILES string of the molecule is O=C(O)C1CCCCN1C(=O)c1cccc(-n2cncn2)c1. The van der Waals surface area contributed by atoms with Crippen LogP contribution >= 0.6 is 0 Å². The number of aliphatic carboxylic acids is 1. The molecule has 1 N–H and O–H groups in total. The maximum atomic E-state index is 12.7. The monoisotopic (exact) mass is 300 g/mol. The van der Waals surface area contributed by atoms with Gasteiger partial charge in [-0.15, -0.1) is 0 Å². The standard InChI is InChI=1S/C15H16N4O3/c20-14(18-7-2-1-6-13(18)15(21)22)11-4-3-5-12(8-11)19-10-16-9-17-19/h3-5,8-10,13H,1-2,6-7H2,(H,21,22). The number of aromatic nitrogens is 3. The highest BCUT2D eigenvalue weighted by atomic mass is 16.4. The fourth-order valence-electron chi connectivity index (χ4n) is 2.72. The van der Waals surface area contributed by atoms with E-state index in [4.69, 9.17) is 0 Å². The summed E-state index contributed by atoms with van der Waals surface area (Å²) in [6.45, 7) is 0.476. The number of piperidine rings is 1. The molecule has 7 nitrogen and oxygen atoms in total. The molecule has 1 aromatic heterocycles. The van der Waals surface area contributed by atoms with Crippen LogP contribution in [0.1, 0.15) is 29.6 Å². The molecule has 0 spiro atoms. The predicted molar refractivity (Wildman–Crippen MR) is 77.7 cm³/mol. The molecule has 7 heteroatoms. The number of hydrogen-bond donors (Lipinski definition) is 1. The van der Waals surface area contributed by atoms with Crippen LogP contribution in [0, 0.1) is 0 Å². The van der Waals surface area contributed by atoms with Crippen molar-refractivity contribution in [3.05, 3.63) is 42.5 Å². The smallest absolute Gasteiger partial charge is 0.326 e. The van der Waals surface area contributed by atoms with Crippen molar-refractivity contribution in [2.45, 2.75) is 25.3 Å². The van der Waals surface area contributed by atoms with Crippen molar-refractivity contribution in [2.75, 3.05) is 6.54 Å². The number of carboxylic acids is 1. The second-order valence-electron chi connectivity index (χ2n) is 5.24. The summed E-state index contributed by atoms with van der Waals surface area (Å²) < 4.78 is 1.56. The van der Waals surface area contributed by atoms with Crippen LogP contribution in [0.3, 0.4) is 0 Å². The van der Waals surface area contributed by atoms with Gasteiger partial charge in [-0.25, -0.2) is 14.5 Å². The Bertz CT molecular complexity index is 684. The van der Waals surface area contributed by atoms with Crippen molar-refractivity contribution in [1.82, 2.24) is 19.7 Å². The van der Waals surface area contributed by atoms with E-state index < -0.39 is 12.0 Å². The largest absolute Gasteiger partial charge is 0.480 e. The summed E-state index contributed by atoms with van der Waals surface area (Å²) in [4.78, 5) is 29.3. The Morgan fingerprint density at radius 3 is 2.86 bits per heavy atom. The van der Waals surface area contributed by atoms with E-state index in [-0.39, 0.29) is 5.91 Å². The number of benzene rings is 1. The zero-order chi connectivity index (χ0) is 15.5. The third-order valence-corrected chi connectivity index (χ3v) is 3.83. The van der Waals surface area contributed by atoms with Crippen LogP contribution in [0.25, 0.3) is 5.69 Å². The summed E-state index contributed by atoms with van der Waals surface area (Å²) >= 11 is 0. The second kappa shape index (κ2) is 5.97. The summed E-state index contributed by atoms with van der Waals surface area (Å²) in [6.07, 6.45) is 5.13.